The number of nitrogens with zero attached hydrogens (tertiary/aromatic N) is 4. The summed E-state index contributed by atoms with van der Waals surface area (Å²) in [6.07, 6.45) is 6.03. The number of nitriles is 1. The van der Waals surface area contributed by atoms with Crippen LogP contribution in [-0.2, 0) is 7.05 Å². The van der Waals surface area contributed by atoms with Gasteiger partial charge < -0.3 is 9.88 Å². The van der Waals surface area contributed by atoms with Crippen LogP contribution in [0.2, 0.25) is 0 Å². The molecule has 0 aliphatic heterocycles. The van der Waals surface area contributed by atoms with Gasteiger partial charge in [0.15, 0.2) is 5.16 Å². The van der Waals surface area contributed by atoms with Gasteiger partial charge in [0.25, 0.3) is 0 Å². The minimum absolute atomic E-state index is 0.305. The first-order chi connectivity index (χ1) is 8.72. The fraction of sp³-hybridized carbons (Fsp3) is 0.750. The van der Waals surface area contributed by atoms with E-state index in [1.54, 1.807) is 18.1 Å². The summed E-state index contributed by atoms with van der Waals surface area (Å²) < 4.78 is 1.93. The van der Waals surface area contributed by atoms with E-state index in [-0.39, 0.29) is 5.54 Å². The smallest absolute Gasteiger partial charge is 0.190 e. The topological polar surface area (TPSA) is 66.5 Å². The van der Waals surface area contributed by atoms with Crippen molar-refractivity contribution in [3.63, 3.8) is 0 Å². The highest BCUT2D eigenvalue weighted by atomic mass is 32.2. The normalized spacial score (nSPS) is 27.3. The number of aromatic nitrogens is 3. The molecule has 0 spiro atoms. The lowest BCUT2D eigenvalue weighted by Crippen LogP contribution is -2.44. The lowest BCUT2D eigenvalue weighted by molar-refractivity contribution is 0.332. The number of aryl methyl sites for hydroxylation is 1. The van der Waals surface area contributed by atoms with Gasteiger partial charge in [-0.15, -0.1) is 10.2 Å². The molecule has 1 N–H and O–H groups in total. The summed E-state index contributed by atoms with van der Waals surface area (Å²) in [6, 6.07) is 2.48. The summed E-state index contributed by atoms with van der Waals surface area (Å²) in [5.74, 6) is 1.44. The molecule has 1 heterocycles. The average molecular weight is 265 g/mol. The Labute approximate surface area is 112 Å². The minimum Gasteiger partial charge on any atom is -0.312 e. The molecule has 2 unspecified atom stereocenters. The number of nitrogens with one attached hydrogen (secondary N) is 1. The molecule has 6 heteroatoms. The van der Waals surface area contributed by atoms with Gasteiger partial charge in [0.05, 0.1) is 6.07 Å². The molecular formula is C12H19N5S. The van der Waals surface area contributed by atoms with E-state index in [0.717, 1.165) is 36.6 Å². The monoisotopic (exact) mass is 265 g/mol. The molecule has 5 nitrogen and oxygen atoms in total. The Kier molecular flexibility index (Phi) is 4.25. The predicted octanol–water partition coefficient (Wildman–Crippen LogP) is 1.58. The van der Waals surface area contributed by atoms with Crippen molar-refractivity contribution >= 4 is 11.8 Å². The van der Waals surface area contributed by atoms with Crippen molar-refractivity contribution in [2.24, 2.45) is 13.0 Å². The lowest BCUT2D eigenvalue weighted by Gasteiger charge is -2.27. The maximum Gasteiger partial charge on any atom is 0.190 e. The van der Waals surface area contributed by atoms with Gasteiger partial charge in [-0.05, 0) is 32.2 Å². The second kappa shape index (κ2) is 5.72. The third kappa shape index (κ3) is 2.52. The van der Waals surface area contributed by atoms with E-state index < -0.39 is 0 Å². The molecule has 1 aliphatic rings. The molecule has 98 valence electrons. The first-order valence-electron chi connectivity index (χ1n) is 6.29. The summed E-state index contributed by atoms with van der Waals surface area (Å²) in [4.78, 5) is 0. The molecule has 2 atom stereocenters. The van der Waals surface area contributed by atoms with E-state index >= 15 is 0 Å². The number of hydrogen-bond donors (Lipinski definition) is 1. The van der Waals surface area contributed by atoms with Crippen LogP contribution in [0.1, 0.15) is 25.7 Å². The SMILES string of the molecule is CNC1(C#N)CCCC1CCSc1nncn1C. The van der Waals surface area contributed by atoms with Crippen LogP contribution in [0.3, 0.4) is 0 Å². The zero-order valence-electron chi connectivity index (χ0n) is 10.9. The fourth-order valence-corrected chi connectivity index (χ4v) is 3.64. The van der Waals surface area contributed by atoms with Crippen LogP contribution in [0.25, 0.3) is 0 Å². The molecule has 1 aromatic rings. The van der Waals surface area contributed by atoms with Gasteiger partial charge in [-0.1, -0.05) is 18.2 Å². The summed E-state index contributed by atoms with van der Waals surface area (Å²) in [6.45, 7) is 0. The third-order valence-electron chi connectivity index (χ3n) is 3.83. The Bertz CT molecular complexity index is 438. The summed E-state index contributed by atoms with van der Waals surface area (Å²) in [7, 11) is 3.85. The fourth-order valence-electron chi connectivity index (χ4n) is 2.70. The van der Waals surface area contributed by atoms with E-state index in [4.69, 9.17) is 0 Å². The summed E-state index contributed by atoms with van der Waals surface area (Å²) in [5, 5.41) is 21.5. The van der Waals surface area contributed by atoms with Crippen LogP contribution in [0.4, 0.5) is 0 Å². The van der Waals surface area contributed by atoms with Gasteiger partial charge in [0.1, 0.15) is 11.9 Å². The van der Waals surface area contributed by atoms with Crippen LogP contribution >= 0.6 is 11.8 Å². The molecule has 1 saturated carbocycles. The van der Waals surface area contributed by atoms with Gasteiger partial charge in [0, 0.05) is 12.8 Å². The molecule has 0 radical (unpaired) electrons. The van der Waals surface area contributed by atoms with E-state index in [9.17, 15) is 5.26 Å². The van der Waals surface area contributed by atoms with Crippen LogP contribution < -0.4 is 5.32 Å². The lowest BCUT2D eigenvalue weighted by atomic mass is 9.87. The average Bonchev–Trinajstić information content (AvgIpc) is 2.97. The van der Waals surface area contributed by atoms with E-state index in [0.29, 0.717) is 5.92 Å². The summed E-state index contributed by atoms with van der Waals surface area (Å²) >= 11 is 1.71. The molecular weight excluding hydrogens is 246 g/mol. The molecule has 1 fully saturated rings. The van der Waals surface area contributed by atoms with Crippen molar-refractivity contribution < 1.29 is 0 Å². The molecule has 1 aliphatic carbocycles. The highest BCUT2D eigenvalue weighted by molar-refractivity contribution is 7.99. The Hall–Kier alpha value is -1.06. The highest BCUT2D eigenvalue weighted by Gasteiger charge is 2.41. The van der Waals surface area contributed by atoms with Crippen molar-refractivity contribution in [3.8, 4) is 6.07 Å². The van der Waals surface area contributed by atoms with Gasteiger partial charge in [-0.2, -0.15) is 5.26 Å². The Morgan fingerprint density at radius 1 is 1.72 bits per heavy atom. The first kappa shape index (κ1) is 13.4. The van der Waals surface area contributed by atoms with Gasteiger partial charge in [-0.25, -0.2) is 0 Å². The maximum absolute atomic E-state index is 9.37. The number of rotatable bonds is 5. The predicted molar refractivity (Wildman–Crippen MR) is 71.1 cm³/mol. The van der Waals surface area contributed by atoms with Gasteiger partial charge >= 0.3 is 0 Å². The zero-order valence-corrected chi connectivity index (χ0v) is 11.7. The van der Waals surface area contributed by atoms with Crippen LogP contribution in [0.5, 0.6) is 0 Å². The van der Waals surface area contributed by atoms with Crippen molar-refractivity contribution in [3.05, 3.63) is 6.33 Å². The minimum atomic E-state index is -0.305. The summed E-state index contributed by atoms with van der Waals surface area (Å²) in [5.41, 5.74) is -0.305. The van der Waals surface area contributed by atoms with Crippen LogP contribution in [0.15, 0.2) is 11.5 Å². The second-order valence-corrected chi connectivity index (χ2v) is 5.85. The first-order valence-corrected chi connectivity index (χ1v) is 7.27. The molecule has 0 bridgehead atoms. The standard InChI is InChI=1S/C12H19N5S/c1-14-12(8-13)6-3-4-10(12)5-7-18-11-16-15-9-17(11)2/h9-10,14H,3-7H2,1-2H3. The third-order valence-corrected chi connectivity index (χ3v) is 4.90. The van der Waals surface area contributed by atoms with E-state index in [1.165, 1.54) is 0 Å². The van der Waals surface area contributed by atoms with Crippen molar-refractivity contribution in [1.29, 1.82) is 5.26 Å². The number of hydrogen-bond acceptors (Lipinski definition) is 5. The van der Waals surface area contributed by atoms with Crippen molar-refractivity contribution in [2.75, 3.05) is 12.8 Å². The number of thioether (sulfide) groups is 1. The van der Waals surface area contributed by atoms with Gasteiger partial charge in [-0.3, -0.25) is 0 Å². The van der Waals surface area contributed by atoms with Crippen molar-refractivity contribution in [1.82, 2.24) is 20.1 Å². The Balaban J connectivity index is 1.87. The van der Waals surface area contributed by atoms with Crippen LogP contribution in [-0.4, -0.2) is 33.1 Å². The Morgan fingerprint density at radius 2 is 2.56 bits per heavy atom. The van der Waals surface area contributed by atoms with Crippen molar-refractivity contribution in [2.45, 2.75) is 36.4 Å². The molecule has 1 aromatic heterocycles. The van der Waals surface area contributed by atoms with Gasteiger partial charge in [0.2, 0.25) is 0 Å². The molecule has 2 rings (SSSR count). The zero-order chi connectivity index (χ0) is 13.0. The largest absolute Gasteiger partial charge is 0.312 e. The molecule has 18 heavy (non-hydrogen) atoms. The molecule has 0 aromatic carbocycles. The molecule has 0 saturated heterocycles. The van der Waals surface area contributed by atoms with Crippen LogP contribution in [0, 0.1) is 17.2 Å². The Morgan fingerprint density at radius 3 is 3.17 bits per heavy atom. The maximum atomic E-state index is 9.37. The quantitative estimate of drug-likeness (QED) is 0.819. The second-order valence-electron chi connectivity index (χ2n) is 4.78. The highest BCUT2D eigenvalue weighted by Crippen LogP contribution is 2.38. The van der Waals surface area contributed by atoms with E-state index in [2.05, 4.69) is 21.6 Å². The molecule has 0 amide bonds. The van der Waals surface area contributed by atoms with E-state index in [1.807, 2.05) is 18.7 Å².